The minimum absolute atomic E-state index is 0.168. The van der Waals surface area contributed by atoms with Crippen LogP contribution in [0.15, 0.2) is 29.6 Å². The second-order valence-corrected chi connectivity index (χ2v) is 6.49. The first kappa shape index (κ1) is 16.3. The van der Waals surface area contributed by atoms with Crippen molar-refractivity contribution in [2.45, 2.75) is 6.54 Å². The van der Waals surface area contributed by atoms with Gasteiger partial charge in [0.1, 0.15) is 11.5 Å². The Morgan fingerprint density at radius 1 is 1.29 bits per heavy atom. The van der Waals surface area contributed by atoms with E-state index < -0.39 is 5.91 Å². The lowest BCUT2D eigenvalue weighted by Gasteiger charge is -2.14. The number of anilines is 1. The topological polar surface area (TPSA) is 95.1 Å². The Morgan fingerprint density at radius 3 is 2.88 bits per heavy atom. The number of benzene rings is 1. The molecule has 0 saturated carbocycles. The van der Waals surface area contributed by atoms with Crippen LogP contribution in [0, 0.1) is 0 Å². The van der Waals surface area contributed by atoms with Gasteiger partial charge in [-0.05, 0) is 29.6 Å². The third kappa shape index (κ3) is 3.66. The van der Waals surface area contributed by atoms with E-state index in [1.807, 2.05) is 25.2 Å². The molecule has 3 rings (SSSR count). The maximum absolute atomic E-state index is 12.2. The lowest BCUT2D eigenvalue weighted by atomic mass is 10.2. The molecule has 24 heavy (non-hydrogen) atoms. The van der Waals surface area contributed by atoms with E-state index in [2.05, 4.69) is 5.32 Å². The number of carbonyl (C=O) groups is 2. The van der Waals surface area contributed by atoms with Crippen molar-refractivity contribution in [3.8, 4) is 11.5 Å². The molecule has 1 aromatic heterocycles. The molecule has 8 heteroatoms. The van der Waals surface area contributed by atoms with Gasteiger partial charge in [0.05, 0.1) is 12.6 Å². The van der Waals surface area contributed by atoms with Crippen molar-refractivity contribution >= 4 is 28.2 Å². The van der Waals surface area contributed by atoms with Gasteiger partial charge in [-0.25, -0.2) is 0 Å². The zero-order valence-electron chi connectivity index (χ0n) is 13.1. The maximum Gasteiger partial charge on any atom is 0.280 e. The number of hydrogen-bond acceptors (Lipinski definition) is 5. The standard InChI is InChI=1S/C16H17N3O4S/c1-19(7-10-2-3-12-13(6-10)23-9-22-12)8-14(20)18-16-11(15(17)21)4-5-24-16/h2-6H,7-9H2,1H3,(H2,17,21)(H,18,20)/p+1. The summed E-state index contributed by atoms with van der Waals surface area (Å²) in [6, 6.07) is 7.36. The van der Waals surface area contributed by atoms with Crippen molar-refractivity contribution in [2.24, 2.45) is 5.73 Å². The van der Waals surface area contributed by atoms with Crippen molar-refractivity contribution in [1.29, 1.82) is 0 Å². The number of primary amides is 1. The van der Waals surface area contributed by atoms with Crippen LogP contribution in [0.3, 0.4) is 0 Å². The summed E-state index contributed by atoms with van der Waals surface area (Å²) in [6.07, 6.45) is 0. The van der Waals surface area contributed by atoms with E-state index in [1.54, 1.807) is 11.4 Å². The minimum atomic E-state index is -0.549. The maximum atomic E-state index is 12.2. The van der Waals surface area contributed by atoms with Gasteiger partial charge in [0.15, 0.2) is 18.0 Å². The number of rotatable bonds is 6. The molecule has 0 saturated heterocycles. The van der Waals surface area contributed by atoms with Crippen LogP contribution in [0.5, 0.6) is 11.5 Å². The Kier molecular flexibility index (Phi) is 4.68. The van der Waals surface area contributed by atoms with Crippen LogP contribution in [0.25, 0.3) is 0 Å². The molecule has 2 amide bonds. The van der Waals surface area contributed by atoms with Crippen molar-refractivity contribution in [3.05, 3.63) is 40.8 Å². The molecule has 4 N–H and O–H groups in total. The van der Waals surface area contributed by atoms with E-state index in [0.717, 1.165) is 22.0 Å². The third-order valence-electron chi connectivity index (χ3n) is 3.59. The highest BCUT2D eigenvalue weighted by Gasteiger charge is 2.17. The van der Waals surface area contributed by atoms with E-state index in [4.69, 9.17) is 15.2 Å². The fraction of sp³-hybridized carbons (Fsp3) is 0.250. The number of hydrogen-bond donors (Lipinski definition) is 3. The molecule has 1 aromatic carbocycles. The lowest BCUT2D eigenvalue weighted by molar-refractivity contribution is -0.885. The molecule has 0 aliphatic carbocycles. The molecule has 0 fully saturated rings. The molecule has 0 radical (unpaired) electrons. The molecule has 0 bridgehead atoms. The second kappa shape index (κ2) is 6.90. The molecule has 1 unspecified atom stereocenters. The van der Waals surface area contributed by atoms with E-state index in [0.29, 0.717) is 17.1 Å². The monoisotopic (exact) mass is 348 g/mol. The smallest absolute Gasteiger partial charge is 0.280 e. The number of nitrogens with two attached hydrogens (primary N) is 1. The van der Waals surface area contributed by atoms with E-state index in [1.165, 1.54) is 11.3 Å². The highest BCUT2D eigenvalue weighted by Crippen LogP contribution is 2.32. The van der Waals surface area contributed by atoms with Crippen LogP contribution in [0.4, 0.5) is 5.00 Å². The molecule has 1 aliphatic heterocycles. The van der Waals surface area contributed by atoms with Gasteiger partial charge < -0.3 is 25.4 Å². The fourth-order valence-corrected chi connectivity index (χ4v) is 3.32. The van der Waals surface area contributed by atoms with Gasteiger partial charge in [-0.3, -0.25) is 9.59 Å². The zero-order chi connectivity index (χ0) is 17.1. The predicted molar refractivity (Wildman–Crippen MR) is 89.5 cm³/mol. The van der Waals surface area contributed by atoms with E-state index in [-0.39, 0.29) is 19.2 Å². The van der Waals surface area contributed by atoms with Crippen molar-refractivity contribution in [3.63, 3.8) is 0 Å². The van der Waals surface area contributed by atoms with Crippen LogP contribution < -0.4 is 25.4 Å². The second-order valence-electron chi connectivity index (χ2n) is 5.57. The average molecular weight is 348 g/mol. The summed E-state index contributed by atoms with van der Waals surface area (Å²) >= 11 is 1.28. The molecular weight excluding hydrogens is 330 g/mol. The number of thiophene rings is 1. The van der Waals surface area contributed by atoms with Crippen LogP contribution >= 0.6 is 11.3 Å². The van der Waals surface area contributed by atoms with Gasteiger partial charge in [0.2, 0.25) is 6.79 Å². The summed E-state index contributed by atoms with van der Waals surface area (Å²) in [4.78, 5) is 24.4. The lowest BCUT2D eigenvalue weighted by Crippen LogP contribution is -3.08. The third-order valence-corrected chi connectivity index (χ3v) is 4.42. The van der Waals surface area contributed by atoms with Gasteiger partial charge in [-0.15, -0.1) is 11.3 Å². The van der Waals surface area contributed by atoms with Gasteiger partial charge >= 0.3 is 0 Å². The summed E-state index contributed by atoms with van der Waals surface area (Å²) in [7, 11) is 1.92. The number of ether oxygens (including phenoxy) is 2. The summed E-state index contributed by atoms with van der Waals surface area (Å²) in [5.74, 6) is 0.756. The highest BCUT2D eigenvalue weighted by atomic mass is 32.1. The molecule has 0 spiro atoms. The number of quaternary nitrogens is 1. The Hall–Kier alpha value is -2.58. The van der Waals surface area contributed by atoms with Gasteiger partial charge in [0, 0.05) is 5.56 Å². The Balaban J connectivity index is 1.56. The summed E-state index contributed by atoms with van der Waals surface area (Å²) < 4.78 is 10.6. The number of carbonyl (C=O) groups excluding carboxylic acids is 2. The van der Waals surface area contributed by atoms with Crippen LogP contribution in [-0.4, -0.2) is 32.2 Å². The Labute approximate surface area is 143 Å². The van der Waals surface area contributed by atoms with Crippen LogP contribution in [0.2, 0.25) is 0 Å². The Morgan fingerprint density at radius 2 is 2.08 bits per heavy atom. The first-order chi connectivity index (χ1) is 11.5. The Bertz CT molecular complexity index is 774. The van der Waals surface area contributed by atoms with Gasteiger partial charge in [-0.2, -0.15) is 0 Å². The molecular formula is C16H18N3O4S+. The number of likely N-dealkylation sites (N-methyl/N-ethyl adjacent to an activating group) is 1. The molecule has 7 nitrogen and oxygen atoms in total. The summed E-state index contributed by atoms with van der Waals surface area (Å²) in [5.41, 5.74) is 6.66. The van der Waals surface area contributed by atoms with Gasteiger partial charge in [0.25, 0.3) is 11.8 Å². The average Bonchev–Trinajstić information content (AvgIpc) is 3.14. The molecule has 1 aliphatic rings. The number of fused-ring (bicyclic) bond motifs is 1. The number of nitrogens with one attached hydrogen (secondary N) is 2. The van der Waals surface area contributed by atoms with Crippen LogP contribution in [-0.2, 0) is 11.3 Å². The molecule has 2 aromatic rings. The largest absolute Gasteiger partial charge is 0.454 e. The van der Waals surface area contributed by atoms with E-state index in [9.17, 15) is 9.59 Å². The molecule has 126 valence electrons. The van der Waals surface area contributed by atoms with E-state index >= 15 is 0 Å². The summed E-state index contributed by atoms with van der Waals surface area (Å²) in [5, 5.41) is 4.95. The van der Waals surface area contributed by atoms with Crippen molar-refractivity contribution in [2.75, 3.05) is 25.7 Å². The SMILES string of the molecule is C[NH+](CC(=O)Nc1sccc1C(N)=O)Cc1ccc2c(c1)OCO2. The minimum Gasteiger partial charge on any atom is -0.454 e. The fourth-order valence-electron chi connectivity index (χ4n) is 2.51. The highest BCUT2D eigenvalue weighted by molar-refractivity contribution is 7.14. The summed E-state index contributed by atoms with van der Waals surface area (Å²) in [6.45, 7) is 1.18. The first-order valence-electron chi connectivity index (χ1n) is 7.40. The molecule has 1 atom stereocenters. The zero-order valence-corrected chi connectivity index (χ0v) is 13.9. The quantitative estimate of drug-likeness (QED) is 0.696. The van der Waals surface area contributed by atoms with Crippen molar-refractivity contribution < 1.29 is 24.0 Å². The predicted octanol–water partition coefficient (Wildman–Crippen LogP) is 0.229. The van der Waals surface area contributed by atoms with Gasteiger partial charge in [-0.1, -0.05) is 0 Å². The molecule has 2 heterocycles. The number of amides is 2. The first-order valence-corrected chi connectivity index (χ1v) is 8.28. The van der Waals surface area contributed by atoms with Crippen LogP contribution in [0.1, 0.15) is 15.9 Å². The normalized spacial score (nSPS) is 13.5. The van der Waals surface area contributed by atoms with Crippen molar-refractivity contribution in [1.82, 2.24) is 0 Å².